The highest BCUT2D eigenvalue weighted by Crippen LogP contribution is 2.31. The van der Waals surface area contributed by atoms with Gasteiger partial charge in [0.25, 0.3) is 0 Å². The minimum absolute atomic E-state index is 0.816. The standard InChI is InChI=1S/C14H19BrClN/c1-17(10-11-5-2-3-6-11)14-8-4-7-13(16)12(14)9-15/h4,7-8,11H,2-3,5-6,9-10H2,1H3. The Hall–Kier alpha value is -0.210. The summed E-state index contributed by atoms with van der Waals surface area (Å²) in [4.78, 5) is 2.36. The van der Waals surface area contributed by atoms with E-state index in [0.717, 1.165) is 22.8 Å². The Kier molecular flexibility index (Phi) is 4.75. The number of alkyl halides is 1. The van der Waals surface area contributed by atoms with Crippen molar-refractivity contribution in [2.75, 3.05) is 18.5 Å². The van der Waals surface area contributed by atoms with Gasteiger partial charge in [-0.05, 0) is 30.9 Å². The zero-order chi connectivity index (χ0) is 12.3. The largest absolute Gasteiger partial charge is 0.374 e. The van der Waals surface area contributed by atoms with Gasteiger partial charge in [-0.3, -0.25) is 0 Å². The van der Waals surface area contributed by atoms with E-state index >= 15 is 0 Å². The van der Waals surface area contributed by atoms with Crippen molar-refractivity contribution in [2.24, 2.45) is 5.92 Å². The molecule has 3 heteroatoms. The second kappa shape index (κ2) is 6.10. The van der Waals surface area contributed by atoms with Crippen LogP contribution in [0, 0.1) is 5.92 Å². The summed E-state index contributed by atoms with van der Waals surface area (Å²) in [5, 5.41) is 1.68. The second-order valence-electron chi connectivity index (χ2n) is 4.90. The lowest BCUT2D eigenvalue weighted by Gasteiger charge is -2.25. The summed E-state index contributed by atoms with van der Waals surface area (Å²) in [7, 11) is 2.18. The quantitative estimate of drug-likeness (QED) is 0.717. The van der Waals surface area contributed by atoms with Crippen LogP contribution < -0.4 is 4.90 Å². The van der Waals surface area contributed by atoms with Gasteiger partial charge in [0.15, 0.2) is 0 Å². The summed E-state index contributed by atoms with van der Waals surface area (Å²) in [5.41, 5.74) is 2.47. The Balaban J connectivity index is 2.12. The fraction of sp³-hybridized carbons (Fsp3) is 0.571. The van der Waals surface area contributed by atoms with Gasteiger partial charge < -0.3 is 4.90 Å². The van der Waals surface area contributed by atoms with Crippen molar-refractivity contribution < 1.29 is 0 Å². The van der Waals surface area contributed by atoms with Crippen molar-refractivity contribution in [3.8, 4) is 0 Å². The number of hydrogen-bond donors (Lipinski definition) is 0. The van der Waals surface area contributed by atoms with E-state index < -0.39 is 0 Å². The van der Waals surface area contributed by atoms with Gasteiger partial charge in [-0.15, -0.1) is 0 Å². The molecule has 2 rings (SSSR count). The highest BCUT2D eigenvalue weighted by Gasteiger charge is 2.18. The van der Waals surface area contributed by atoms with E-state index in [1.807, 2.05) is 12.1 Å². The Morgan fingerprint density at radius 3 is 2.71 bits per heavy atom. The monoisotopic (exact) mass is 315 g/mol. The molecule has 17 heavy (non-hydrogen) atoms. The fourth-order valence-electron chi connectivity index (χ4n) is 2.72. The Morgan fingerprint density at radius 1 is 1.35 bits per heavy atom. The lowest BCUT2D eigenvalue weighted by Crippen LogP contribution is -2.24. The van der Waals surface area contributed by atoms with Crippen LogP contribution in [-0.2, 0) is 5.33 Å². The molecule has 1 fully saturated rings. The fourth-order valence-corrected chi connectivity index (χ4v) is 3.70. The topological polar surface area (TPSA) is 3.24 Å². The smallest absolute Gasteiger partial charge is 0.0467 e. The zero-order valence-electron chi connectivity index (χ0n) is 10.3. The maximum Gasteiger partial charge on any atom is 0.0467 e. The molecule has 0 bridgehead atoms. The van der Waals surface area contributed by atoms with Gasteiger partial charge in [0.2, 0.25) is 0 Å². The maximum absolute atomic E-state index is 6.23. The van der Waals surface area contributed by atoms with E-state index in [1.165, 1.54) is 36.9 Å². The summed E-state index contributed by atoms with van der Waals surface area (Å²) in [6.07, 6.45) is 5.57. The summed E-state index contributed by atoms with van der Waals surface area (Å²) in [6.45, 7) is 1.15. The molecular formula is C14H19BrClN. The molecule has 1 aromatic carbocycles. The van der Waals surface area contributed by atoms with Crippen molar-refractivity contribution in [1.29, 1.82) is 0 Å². The molecule has 1 nitrogen and oxygen atoms in total. The molecule has 0 aromatic heterocycles. The van der Waals surface area contributed by atoms with Crippen LogP contribution in [0.3, 0.4) is 0 Å². The van der Waals surface area contributed by atoms with Crippen LogP contribution in [-0.4, -0.2) is 13.6 Å². The predicted molar refractivity (Wildman–Crippen MR) is 79.3 cm³/mol. The number of hydrogen-bond acceptors (Lipinski definition) is 1. The first-order valence-corrected chi connectivity index (χ1v) is 7.77. The minimum atomic E-state index is 0.816. The second-order valence-corrected chi connectivity index (χ2v) is 5.87. The first-order chi connectivity index (χ1) is 8.22. The van der Waals surface area contributed by atoms with Gasteiger partial charge in [0.1, 0.15) is 0 Å². The molecule has 0 spiro atoms. The molecule has 1 saturated carbocycles. The van der Waals surface area contributed by atoms with Crippen LogP contribution in [0.15, 0.2) is 18.2 Å². The third-order valence-electron chi connectivity index (χ3n) is 3.65. The molecule has 0 amide bonds. The number of halogens is 2. The highest BCUT2D eigenvalue weighted by molar-refractivity contribution is 9.08. The SMILES string of the molecule is CN(CC1CCCC1)c1cccc(Cl)c1CBr. The summed E-state index contributed by atoms with van der Waals surface area (Å²) in [6, 6.07) is 6.16. The summed E-state index contributed by atoms with van der Waals surface area (Å²) in [5.74, 6) is 0.863. The normalized spacial score (nSPS) is 16.4. The van der Waals surface area contributed by atoms with Crippen molar-refractivity contribution in [1.82, 2.24) is 0 Å². The molecule has 0 N–H and O–H groups in total. The molecule has 0 atom stereocenters. The van der Waals surface area contributed by atoms with Gasteiger partial charge >= 0.3 is 0 Å². The van der Waals surface area contributed by atoms with Crippen molar-refractivity contribution in [3.05, 3.63) is 28.8 Å². The van der Waals surface area contributed by atoms with Crippen LogP contribution in [0.4, 0.5) is 5.69 Å². The maximum atomic E-state index is 6.23. The number of nitrogens with zero attached hydrogens (tertiary/aromatic N) is 1. The van der Waals surface area contributed by atoms with E-state index in [0.29, 0.717) is 0 Å². The zero-order valence-corrected chi connectivity index (χ0v) is 12.6. The van der Waals surface area contributed by atoms with Crippen molar-refractivity contribution >= 4 is 33.2 Å². The highest BCUT2D eigenvalue weighted by atomic mass is 79.9. The van der Waals surface area contributed by atoms with E-state index in [1.54, 1.807) is 0 Å². The van der Waals surface area contributed by atoms with E-state index in [-0.39, 0.29) is 0 Å². The number of benzene rings is 1. The van der Waals surface area contributed by atoms with Crippen LogP contribution in [0.5, 0.6) is 0 Å². The van der Waals surface area contributed by atoms with Gasteiger partial charge in [0, 0.05) is 35.2 Å². The van der Waals surface area contributed by atoms with Gasteiger partial charge in [-0.25, -0.2) is 0 Å². The third-order valence-corrected chi connectivity index (χ3v) is 4.56. The van der Waals surface area contributed by atoms with E-state index in [9.17, 15) is 0 Å². The molecule has 0 unspecified atom stereocenters. The van der Waals surface area contributed by atoms with E-state index in [2.05, 4.69) is 33.9 Å². The molecule has 1 aliphatic rings. The first-order valence-electron chi connectivity index (χ1n) is 6.27. The van der Waals surface area contributed by atoms with Crippen LogP contribution in [0.2, 0.25) is 5.02 Å². The molecule has 0 aliphatic heterocycles. The Morgan fingerprint density at radius 2 is 2.06 bits per heavy atom. The van der Waals surface area contributed by atoms with Crippen molar-refractivity contribution in [3.63, 3.8) is 0 Å². The van der Waals surface area contributed by atoms with Crippen molar-refractivity contribution in [2.45, 2.75) is 31.0 Å². The van der Waals surface area contributed by atoms with Gasteiger partial charge in [0.05, 0.1) is 0 Å². The van der Waals surface area contributed by atoms with Crippen LogP contribution in [0.1, 0.15) is 31.2 Å². The minimum Gasteiger partial charge on any atom is -0.374 e. The number of anilines is 1. The van der Waals surface area contributed by atoms with Crippen LogP contribution in [0.25, 0.3) is 0 Å². The molecule has 1 aliphatic carbocycles. The summed E-state index contributed by atoms with van der Waals surface area (Å²) >= 11 is 9.76. The molecule has 0 radical (unpaired) electrons. The number of rotatable bonds is 4. The Labute approximate surface area is 117 Å². The molecular weight excluding hydrogens is 298 g/mol. The van der Waals surface area contributed by atoms with Gasteiger partial charge in [-0.1, -0.05) is 46.4 Å². The van der Waals surface area contributed by atoms with Gasteiger partial charge in [-0.2, -0.15) is 0 Å². The average Bonchev–Trinajstić information content (AvgIpc) is 2.81. The van der Waals surface area contributed by atoms with E-state index in [4.69, 9.17) is 11.6 Å². The lowest BCUT2D eigenvalue weighted by molar-refractivity contribution is 0.546. The predicted octanol–water partition coefficient (Wildman–Crippen LogP) is 4.86. The first kappa shape index (κ1) is 13.2. The lowest BCUT2D eigenvalue weighted by atomic mass is 10.1. The summed E-state index contributed by atoms with van der Waals surface area (Å²) < 4.78 is 0. The molecule has 0 heterocycles. The third kappa shape index (κ3) is 3.17. The Bertz CT molecular complexity index is 374. The van der Waals surface area contributed by atoms with Crippen LogP contribution >= 0.6 is 27.5 Å². The molecule has 0 saturated heterocycles. The molecule has 1 aromatic rings. The average molecular weight is 317 g/mol. The molecule has 94 valence electrons.